The molecule has 2 rings (SSSR count). The lowest BCUT2D eigenvalue weighted by Gasteiger charge is -2.26. The van der Waals surface area contributed by atoms with Gasteiger partial charge in [-0.1, -0.05) is 12.5 Å². The highest BCUT2D eigenvalue weighted by molar-refractivity contribution is 5.24. The third-order valence-electron chi connectivity index (χ3n) is 3.16. The van der Waals surface area contributed by atoms with Crippen molar-refractivity contribution in [3.05, 3.63) is 23.9 Å². The smallest absolute Gasteiger partial charge is 0.217 e. The summed E-state index contributed by atoms with van der Waals surface area (Å²) in [7, 11) is 0. The van der Waals surface area contributed by atoms with Crippen LogP contribution in [0, 0.1) is 0 Å². The van der Waals surface area contributed by atoms with Crippen LogP contribution in [0.4, 0.5) is 0 Å². The number of rotatable bonds is 5. The van der Waals surface area contributed by atoms with Gasteiger partial charge >= 0.3 is 0 Å². The Labute approximate surface area is 103 Å². The molecule has 1 aromatic heterocycles. The zero-order valence-electron chi connectivity index (χ0n) is 10.3. The summed E-state index contributed by atoms with van der Waals surface area (Å²) in [5.74, 6) is 0.687. The van der Waals surface area contributed by atoms with Crippen LogP contribution in [0.25, 0.3) is 0 Å². The third-order valence-corrected chi connectivity index (χ3v) is 3.16. The number of hydrogen-bond donors (Lipinski definition) is 1. The SMILES string of the molecule is NCc1cccnc1OCCN1CCCCC1. The second kappa shape index (κ2) is 6.57. The van der Waals surface area contributed by atoms with Gasteiger partial charge in [-0.15, -0.1) is 0 Å². The van der Waals surface area contributed by atoms with Gasteiger partial charge in [0.2, 0.25) is 5.88 Å². The molecule has 0 aromatic carbocycles. The molecule has 4 nitrogen and oxygen atoms in total. The van der Waals surface area contributed by atoms with Crippen molar-refractivity contribution < 1.29 is 4.74 Å². The zero-order chi connectivity index (χ0) is 11.9. The topological polar surface area (TPSA) is 51.4 Å². The summed E-state index contributed by atoms with van der Waals surface area (Å²) in [5, 5.41) is 0. The molecule has 0 aliphatic carbocycles. The molecule has 0 atom stereocenters. The highest BCUT2D eigenvalue weighted by Crippen LogP contribution is 2.13. The van der Waals surface area contributed by atoms with Crippen LogP contribution in [0.5, 0.6) is 5.88 Å². The number of piperidine rings is 1. The summed E-state index contributed by atoms with van der Waals surface area (Å²) in [6.45, 7) is 4.57. The normalized spacial score (nSPS) is 17.0. The second-order valence-corrected chi connectivity index (χ2v) is 4.42. The Morgan fingerprint density at radius 1 is 1.29 bits per heavy atom. The van der Waals surface area contributed by atoms with E-state index in [9.17, 15) is 0 Å². The molecular formula is C13H21N3O. The van der Waals surface area contributed by atoms with Crippen LogP contribution in [0.15, 0.2) is 18.3 Å². The molecule has 4 heteroatoms. The van der Waals surface area contributed by atoms with Gasteiger partial charge in [-0.05, 0) is 32.0 Å². The molecule has 0 radical (unpaired) electrons. The first-order valence-electron chi connectivity index (χ1n) is 6.39. The average Bonchev–Trinajstić information content (AvgIpc) is 2.40. The summed E-state index contributed by atoms with van der Waals surface area (Å²) < 4.78 is 5.70. The van der Waals surface area contributed by atoms with Crippen molar-refractivity contribution in [1.29, 1.82) is 0 Å². The molecule has 1 aliphatic heterocycles. The largest absolute Gasteiger partial charge is 0.476 e. The van der Waals surface area contributed by atoms with Crippen molar-refractivity contribution in [2.75, 3.05) is 26.2 Å². The van der Waals surface area contributed by atoms with Crippen molar-refractivity contribution >= 4 is 0 Å². The quantitative estimate of drug-likeness (QED) is 0.838. The lowest BCUT2D eigenvalue weighted by Crippen LogP contribution is -2.33. The summed E-state index contributed by atoms with van der Waals surface area (Å²) >= 11 is 0. The molecule has 2 heterocycles. The Hall–Kier alpha value is -1.13. The Balaban J connectivity index is 1.77. The van der Waals surface area contributed by atoms with Gasteiger partial charge in [0.25, 0.3) is 0 Å². The molecule has 0 amide bonds. The first-order chi connectivity index (χ1) is 8.40. The Morgan fingerprint density at radius 2 is 2.12 bits per heavy atom. The van der Waals surface area contributed by atoms with Gasteiger partial charge in [0.15, 0.2) is 0 Å². The summed E-state index contributed by atoms with van der Waals surface area (Å²) in [4.78, 5) is 6.66. The zero-order valence-corrected chi connectivity index (χ0v) is 10.3. The van der Waals surface area contributed by atoms with Crippen molar-refractivity contribution in [2.45, 2.75) is 25.8 Å². The van der Waals surface area contributed by atoms with E-state index in [1.54, 1.807) is 6.20 Å². The van der Waals surface area contributed by atoms with Crippen molar-refractivity contribution in [1.82, 2.24) is 9.88 Å². The van der Waals surface area contributed by atoms with Crippen LogP contribution in [-0.4, -0.2) is 36.1 Å². The molecule has 1 aromatic rings. The molecule has 94 valence electrons. The fourth-order valence-electron chi connectivity index (χ4n) is 2.16. The summed E-state index contributed by atoms with van der Waals surface area (Å²) in [6.07, 6.45) is 5.75. The Kier molecular flexibility index (Phi) is 4.76. The van der Waals surface area contributed by atoms with Crippen LogP contribution < -0.4 is 10.5 Å². The van der Waals surface area contributed by atoms with E-state index < -0.39 is 0 Å². The standard InChI is InChI=1S/C13H21N3O/c14-11-12-5-4-6-15-13(12)17-10-9-16-7-2-1-3-8-16/h4-6H,1-3,7-11,14H2. The van der Waals surface area contributed by atoms with E-state index >= 15 is 0 Å². The van der Waals surface area contributed by atoms with Gasteiger partial charge in [-0.25, -0.2) is 4.98 Å². The average molecular weight is 235 g/mol. The highest BCUT2D eigenvalue weighted by atomic mass is 16.5. The third kappa shape index (κ3) is 3.68. The van der Waals surface area contributed by atoms with E-state index in [-0.39, 0.29) is 0 Å². The molecule has 1 fully saturated rings. The van der Waals surface area contributed by atoms with Crippen LogP contribution in [0.2, 0.25) is 0 Å². The molecule has 0 bridgehead atoms. The van der Waals surface area contributed by atoms with E-state index in [2.05, 4.69) is 9.88 Å². The maximum absolute atomic E-state index is 5.70. The molecule has 0 spiro atoms. The fourth-order valence-corrected chi connectivity index (χ4v) is 2.16. The molecule has 1 saturated heterocycles. The molecule has 0 saturated carbocycles. The van der Waals surface area contributed by atoms with Gasteiger partial charge in [0.1, 0.15) is 6.61 Å². The number of ether oxygens (including phenoxy) is 1. The summed E-state index contributed by atoms with van der Waals surface area (Å²) in [6, 6.07) is 3.85. The lowest BCUT2D eigenvalue weighted by atomic mass is 10.1. The predicted molar refractivity (Wildman–Crippen MR) is 67.9 cm³/mol. The number of nitrogens with zero attached hydrogens (tertiary/aromatic N) is 2. The Morgan fingerprint density at radius 3 is 2.88 bits per heavy atom. The number of nitrogens with two attached hydrogens (primary N) is 1. The minimum Gasteiger partial charge on any atom is -0.476 e. The number of pyridine rings is 1. The van der Waals surface area contributed by atoms with Gasteiger partial charge in [0.05, 0.1) is 0 Å². The maximum Gasteiger partial charge on any atom is 0.217 e. The van der Waals surface area contributed by atoms with E-state index in [1.807, 2.05) is 12.1 Å². The molecule has 0 unspecified atom stereocenters. The van der Waals surface area contributed by atoms with Gasteiger partial charge in [-0.3, -0.25) is 4.90 Å². The first-order valence-corrected chi connectivity index (χ1v) is 6.39. The molecule has 17 heavy (non-hydrogen) atoms. The predicted octanol–water partition coefficient (Wildman–Crippen LogP) is 1.40. The van der Waals surface area contributed by atoms with Crippen LogP contribution in [0.3, 0.4) is 0 Å². The highest BCUT2D eigenvalue weighted by Gasteiger charge is 2.10. The Bertz CT molecular complexity index is 337. The summed E-state index contributed by atoms with van der Waals surface area (Å²) in [5.41, 5.74) is 6.61. The fraction of sp³-hybridized carbons (Fsp3) is 0.615. The maximum atomic E-state index is 5.70. The monoisotopic (exact) mass is 235 g/mol. The van der Waals surface area contributed by atoms with E-state index in [0.29, 0.717) is 19.0 Å². The molecular weight excluding hydrogens is 214 g/mol. The van der Waals surface area contributed by atoms with Gasteiger partial charge in [-0.2, -0.15) is 0 Å². The van der Waals surface area contributed by atoms with E-state index in [4.69, 9.17) is 10.5 Å². The minimum absolute atomic E-state index is 0.479. The van der Waals surface area contributed by atoms with Crippen LogP contribution in [-0.2, 0) is 6.54 Å². The van der Waals surface area contributed by atoms with Crippen LogP contribution >= 0.6 is 0 Å². The lowest BCUT2D eigenvalue weighted by molar-refractivity contribution is 0.180. The minimum atomic E-state index is 0.479. The van der Waals surface area contributed by atoms with Gasteiger partial charge < -0.3 is 10.5 Å². The second-order valence-electron chi connectivity index (χ2n) is 4.42. The number of hydrogen-bond acceptors (Lipinski definition) is 4. The first kappa shape index (κ1) is 12.3. The van der Waals surface area contributed by atoms with E-state index in [0.717, 1.165) is 12.1 Å². The number of likely N-dealkylation sites (tertiary alicyclic amines) is 1. The van der Waals surface area contributed by atoms with Crippen LogP contribution in [0.1, 0.15) is 24.8 Å². The van der Waals surface area contributed by atoms with Crippen molar-refractivity contribution in [3.63, 3.8) is 0 Å². The molecule has 2 N–H and O–H groups in total. The van der Waals surface area contributed by atoms with E-state index in [1.165, 1.54) is 32.4 Å². The van der Waals surface area contributed by atoms with Gasteiger partial charge in [0, 0.05) is 24.8 Å². The van der Waals surface area contributed by atoms with Crippen molar-refractivity contribution in [3.8, 4) is 5.88 Å². The van der Waals surface area contributed by atoms with Crippen molar-refractivity contribution in [2.24, 2.45) is 5.73 Å². The molecule has 1 aliphatic rings. The number of aromatic nitrogens is 1.